The first kappa shape index (κ1) is 13.0. The van der Waals surface area contributed by atoms with E-state index in [4.69, 9.17) is 4.74 Å². The summed E-state index contributed by atoms with van der Waals surface area (Å²) in [4.78, 5) is 0. The van der Waals surface area contributed by atoms with Gasteiger partial charge in [0.15, 0.2) is 0 Å². The molecule has 0 heterocycles. The lowest BCUT2D eigenvalue weighted by Crippen LogP contribution is -2.07. The van der Waals surface area contributed by atoms with E-state index in [0.717, 1.165) is 28.9 Å². The van der Waals surface area contributed by atoms with Crippen molar-refractivity contribution in [3.05, 3.63) is 59.1 Å². The smallest absolute Gasteiger partial charge is 0.133 e. The molecule has 0 spiro atoms. The molecule has 0 saturated heterocycles. The fourth-order valence-electron chi connectivity index (χ4n) is 1.60. The normalized spacial score (nSPS) is 10.1. The number of hydrogen-bond acceptors (Lipinski definition) is 2. The molecule has 2 aromatic carbocycles. The summed E-state index contributed by atoms with van der Waals surface area (Å²) in [6.45, 7) is 1.62. The van der Waals surface area contributed by atoms with Crippen molar-refractivity contribution in [1.29, 1.82) is 0 Å². The maximum absolute atomic E-state index is 5.69. The van der Waals surface area contributed by atoms with Crippen molar-refractivity contribution in [2.24, 2.45) is 0 Å². The molecule has 94 valence electrons. The Balaban J connectivity index is 1.66. The maximum Gasteiger partial charge on any atom is 0.133 e. The fraction of sp³-hybridized carbons (Fsp3) is 0.200. The van der Waals surface area contributed by atoms with Crippen LogP contribution in [0.15, 0.2) is 59.1 Å². The predicted molar refractivity (Wildman–Crippen MR) is 79.2 cm³/mol. The largest absolute Gasteiger partial charge is 0.492 e. The molecule has 0 aliphatic heterocycles. The summed E-state index contributed by atoms with van der Waals surface area (Å²) in [6, 6.07) is 18.1. The van der Waals surface area contributed by atoms with Crippen molar-refractivity contribution in [2.75, 3.05) is 18.5 Å². The second kappa shape index (κ2) is 7.07. The van der Waals surface area contributed by atoms with E-state index in [1.54, 1.807) is 0 Å². The highest BCUT2D eigenvalue weighted by Gasteiger charge is 1.98. The Morgan fingerprint density at radius 3 is 2.44 bits per heavy atom. The summed E-state index contributed by atoms with van der Waals surface area (Å²) in [7, 11) is 0. The molecule has 2 rings (SSSR count). The molecule has 2 nitrogen and oxygen atoms in total. The Morgan fingerprint density at radius 2 is 1.67 bits per heavy atom. The van der Waals surface area contributed by atoms with Crippen LogP contribution in [0.4, 0.5) is 5.69 Å². The average molecular weight is 306 g/mol. The van der Waals surface area contributed by atoms with Crippen molar-refractivity contribution in [3.8, 4) is 5.75 Å². The number of rotatable bonds is 6. The number of hydrogen-bond donors (Lipinski definition) is 1. The van der Waals surface area contributed by atoms with Gasteiger partial charge >= 0.3 is 0 Å². The zero-order valence-corrected chi connectivity index (χ0v) is 11.7. The van der Waals surface area contributed by atoms with Crippen molar-refractivity contribution in [2.45, 2.75) is 6.42 Å². The van der Waals surface area contributed by atoms with Crippen molar-refractivity contribution in [3.63, 3.8) is 0 Å². The van der Waals surface area contributed by atoms with Gasteiger partial charge < -0.3 is 10.1 Å². The van der Waals surface area contributed by atoms with Gasteiger partial charge in [-0.1, -0.05) is 30.3 Å². The van der Waals surface area contributed by atoms with Gasteiger partial charge in [-0.05, 0) is 46.6 Å². The fourth-order valence-corrected chi connectivity index (χ4v) is 2.00. The van der Waals surface area contributed by atoms with Gasteiger partial charge in [0.25, 0.3) is 0 Å². The summed E-state index contributed by atoms with van der Waals surface area (Å²) in [5.74, 6) is 0.900. The van der Waals surface area contributed by atoms with Crippen molar-refractivity contribution >= 4 is 21.6 Å². The molecule has 0 aromatic heterocycles. The topological polar surface area (TPSA) is 21.3 Å². The third kappa shape index (κ3) is 4.08. The van der Waals surface area contributed by atoms with Crippen LogP contribution in [0.5, 0.6) is 5.75 Å². The van der Waals surface area contributed by atoms with Crippen LogP contribution < -0.4 is 10.1 Å². The summed E-state index contributed by atoms with van der Waals surface area (Å²) >= 11 is 3.46. The van der Waals surface area contributed by atoms with E-state index in [9.17, 15) is 0 Å². The van der Waals surface area contributed by atoms with Crippen LogP contribution in [-0.2, 0) is 0 Å². The first-order valence-corrected chi connectivity index (χ1v) is 6.82. The summed E-state index contributed by atoms with van der Waals surface area (Å²) in [5.41, 5.74) is 1.15. The Hall–Kier alpha value is -1.48. The Labute approximate surface area is 116 Å². The second-order valence-corrected chi connectivity index (χ2v) is 4.78. The molecule has 0 atom stereocenters. The molecular weight excluding hydrogens is 290 g/mol. The molecular formula is C15H16BrNO. The Kier molecular flexibility index (Phi) is 5.09. The van der Waals surface area contributed by atoms with Crippen LogP contribution in [0.1, 0.15) is 6.42 Å². The number of halogens is 1. The predicted octanol–water partition coefficient (Wildman–Crippen LogP) is 4.33. The van der Waals surface area contributed by atoms with Gasteiger partial charge in [-0.15, -0.1) is 0 Å². The first-order chi connectivity index (χ1) is 8.86. The average Bonchev–Trinajstić information content (AvgIpc) is 2.42. The number of nitrogens with one attached hydrogen (secondary N) is 1. The van der Waals surface area contributed by atoms with E-state index in [-0.39, 0.29) is 0 Å². The SMILES string of the molecule is Brc1ccccc1OCCCNc1ccccc1. The lowest BCUT2D eigenvalue weighted by atomic mass is 10.3. The van der Waals surface area contributed by atoms with Gasteiger partial charge in [-0.3, -0.25) is 0 Å². The molecule has 0 amide bonds. The quantitative estimate of drug-likeness (QED) is 0.802. The van der Waals surface area contributed by atoms with E-state index in [0.29, 0.717) is 6.61 Å². The molecule has 0 aliphatic carbocycles. The van der Waals surface area contributed by atoms with E-state index >= 15 is 0 Å². The Bertz CT molecular complexity index is 473. The maximum atomic E-state index is 5.69. The highest BCUT2D eigenvalue weighted by atomic mass is 79.9. The third-order valence-corrected chi connectivity index (χ3v) is 3.17. The van der Waals surface area contributed by atoms with Gasteiger partial charge in [-0.25, -0.2) is 0 Å². The van der Waals surface area contributed by atoms with Gasteiger partial charge in [0, 0.05) is 12.2 Å². The highest BCUT2D eigenvalue weighted by molar-refractivity contribution is 9.10. The standard InChI is InChI=1S/C15H16BrNO/c16-14-9-4-5-10-15(14)18-12-6-11-17-13-7-2-1-3-8-13/h1-5,7-10,17H,6,11-12H2. The third-order valence-electron chi connectivity index (χ3n) is 2.52. The highest BCUT2D eigenvalue weighted by Crippen LogP contribution is 2.23. The zero-order chi connectivity index (χ0) is 12.6. The molecule has 3 heteroatoms. The molecule has 0 unspecified atom stereocenters. The van der Waals surface area contributed by atoms with Gasteiger partial charge in [0.05, 0.1) is 11.1 Å². The van der Waals surface area contributed by atoms with Gasteiger partial charge in [0.2, 0.25) is 0 Å². The minimum Gasteiger partial charge on any atom is -0.492 e. The molecule has 0 radical (unpaired) electrons. The summed E-state index contributed by atoms with van der Waals surface area (Å²) in [5, 5.41) is 3.35. The van der Waals surface area contributed by atoms with E-state index < -0.39 is 0 Å². The van der Waals surface area contributed by atoms with Crippen LogP contribution in [0.25, 0.3) is 0 Å². The molecule has 2 aromatic rings. The van der Waals surface area contributed by atoms with Gasteiger partial charge in [0.1, 0.15) is 5.75 Å². The van der Waals surface area contributed by atoms with Crippen LogP contribution in [0, 0.1) is 0 Å². The van der Waals surface area contributed by atoms with E-state index in [1.165, 1.54) is 0 Å². The molecule has 1 N–H and O–H groups in total. The van der Waals surface area contributed by atoms with Crippen molar-refractivity contribution in [1.82, 2.24) is 0 Å². The molecule has 18 heavy (non-hydrogen) atoms. The van der Waals surface area contributed by atoms with Crippen LogP contribution in [0.3, 0.4) is 0 Å². The number of ether oxygens (including phenoxy) is 1. The van der Waals surface area contributed by atoms with E-state index in [1.807, 2.05) is 42.5 Å². The molecule has 0 fully saturated rings. The van der Waals surface area contributed by atoms with E-state index in [2.05, 4.69) is 33.4 Å². The second-order valence-electron chi connectivity index (χ2n) is 3.93. The minimum absolute atomic E-state index is 0.711. The lowest BCUT2D eigenvalue weighted by molar-refractivity contribution is 0.313. The first-order valence-electron chi connectivity index (χ1n) is 6.02. The van der Waals surface area contributed by atoms with Crippen LogP contribution in [0.2, 0.25) is 0 Å². The molecule has 0 bridgehead atoms. The number of para-hydroxylation sites is 2. The molecule has 0 aliphatic rings. The monoisotopic (exact) mass is 305 g/mol. The zero-order valence-electron chi connectivity index (χ0n) is 10.1. The van der Waals surface area contributed by atoms with Crippen molar-refractivity contribution < 1.29 is 4.74 Å². The van der Waals surface area contributed by atoms with Crippen LogP contribution >= 0.6 is 15.9 Å². The molecule has 0 saturated carbocycles. The lowest BCUT2D eigenvalue weighted by Gasteiger charge is -2.09. The number of anilines is 1. The minimum atomic E-state index is 0.711. The summed E-state index contributed by atoms with van der Waals surface area (Å²) in [6.07, 6.45) is 0.968. The summed E-state index contributed by atoms with van der Waals surface area (Å²) < 4.78 is 6.69. The Morgan fingerprint density at radius 1 is 0.944 bits per heavy atom. The number of benzene rings is 2. The van der Waals surface area contributed by atoms with Crippen LogP contribution in [-0.4, -0.2) is 13.2 Å². The van der Waals surface area contributed by atoms with Gasteiger partial charge in [-0.2, -0.15) is 0 Å².